The van der Waals surface area contributed by atoms with Crippen LogP contribution in [0.15, 0.2) is 11.6 Å². The summed E-state index contributed by atoms with van der Waals surface area (Å²) in [6.45, 7) is 17.9. The Balaban J connectivity index is 1.82. The van der Waals surface area contributed by atoms with Crippen LogP contribution in [-0.4, -0.2) is 43.7 Å². The van der Waals surface area contributed by atoms with E-state index in [9.17, 15) is 4.79 Å². The second-order valence-electron chi connectivity index (χ2n) is 9.73. The zero-order valence-corrected chi connectivity index (χ0v) is 16.9. The molecule has 0 unspecified atom stereocenters. The quantitative estimate of drug-likeness (QED) is 0.576. The molecule has 2 heterocycles. The van der Waals surface area contributed by atoms with Gasteiger partial charge in [0.1, 0.15) is 5.78 Å². The van der Waals surface area contributed by atoms with Crippen LogP contribution in [0, 0.1) is 11.8 Å². The first-order chi connectivity index (χ1) is 10.4. The molecule has 3 fully saturated rings. The largest absolute Gasteiger partial charge is 0.409 e. The minimum Gasteiger partial charge on any atom is -0.409 e. The van der Waals surface area contributed by atoms with Crippen molar-refractivity contribution in [3.8, 4) is 0 Å². The van der Waals surface area contributed by atoms with Gasteiger partial charge in [0.25, 0.3) is 0 Å². The van der Waals surface area contributed by atoms with Crippen molar-refractivity contribution in [2.75, 3.05) is 13.1 Å². The molecule has 3 rings (SSSR count). The van der Waals surface area contributed by atoms with Gasteiger partial charge in [0.05, 0.1) is 11.5 Å². The number of rotatable bonds is 3. The summed E-state index contributed by atoms with van der Waals surface area (Å²) in [5, 5.41) is 0.204. The van der Waals surface area contributed by atoms with Crippen LogP contribution in [-0.2, 0) is 9.22 Å². The highest BCUT2D eigenvalue weighted by Crippen LogP contribution is 2.53. The highest BCUT2D eigenvalue weighted by Gasteiger charge is 2.57. The van der Waals surface area contributed by atoms with Crippen molar-refractivity contribution in [2.24, 2.45) is 11.8 Å². The van der Waals surface area contributed by atoms with Gasteiger partial charge < -0.3 is 4.43 Å². The van der Waals surface area contributed by atoms with E-state index in [1.54, 1.807) is 0 Å². The lowest BCUT2D eigenvalue weighted by Gasteiger charge is -2.50. The topological polar surface area (TPSA) is 29.5 Å². The molecule has 2 saturated heterocycles. The molecule has 0 aromatic rings. The van der Waals surface area contributed by atoms with Crippen LogP contribution in [0.5, 0.6) is 0 Å². The van der Waals surface area contributed by atoms with Gasteiger partial charge in [0.2, 0.25) is 0 Å². The number of carbonyl (C=O) groups is 1. The molecule has 0 radical (unpaired) electrons. The van der Waals surface area contributed by atoms with Crippen LogP contribution >= 0.6 is 0 Å². The minimum absolute atomic E-state index is 0.165. The molecule has 23 heavy (non-hydrogen) atoms. The Bertz CT molecular complexity index is 544. The highest BCUT2D eigenvalue weighted by molar-refractivity contribution is 6.74. The molecule has 3 aliphatic rings. The van der Waals surface area contributed by atoms with Crippen molar-refractivity contribution in [2.45, 2.75) is 77.2 Å². The fourth-order valence-corrected chi connectivity index (χ4v) is 6.16. The van der Waals surface area contributed by atoms with Gasteiger partial charge in [-0.05, 0) is 50.9 Å². The predicted molar refractivity (Wildman–Crippen MR) is 97.0 cm³/mol. The van der Waals surface area contributed by atoms with Crippen molar-refractivity contribution in [3.63, 3.8) is 0 Å². The summed E-state index contributed by atoms with van der Waals surface area (Å²) < 4.78 is 6.66. The highest BCUT2D eigenvalue weighted by atomic mass is 28.4. The van der Waals surface area contributed by atoms with E-state index in [4.69, 9.17) is 4.43 Å². The van der Waals surface area contributed by atoms with Gasteiger partial charge in [0, 0.05) is 19.0 Å². The first kappa shape index (κ1) is 17.4. The molecule has 0 aromatic heterocycles. The summed E-state index contributed by atoms with van der Waals surface area (Å²) in [4.78, 5) is 15.0. The molecular weight excluding hydrogens is 302 g/mol. The maximum Gasteiger partial charge on any atom is 0.193 e. The number of ketones is 1. The summed E-state index contributed by atoms with van der Waals surface area (Å²) in [6.07, 6.45) is 4.26. The number of hydrogen-bond donors (Lipinski definition) is 0. The number of Topliss-reactive ketones (excluding diaryl/α,β-unsaturated/α-hetero) is 1. The molecule has 4 heteroatoms. The summed E-state index contributed by atoms with van der Waals surface area (Å²) in [5.41, 5.74) is 1.10. The van der Waals surface area contributed by atoms with E-state index >= 15 is 0 Å². The normalized spacial score (nSPS) is 33.8. The first-order valence-electron chi connectivity index (χ1n) is 9.12. The Morgan fingerprint density at radius 2 is 1.83 bits per heavy atom. The number of nitrogens with zero attached hydrogens (tertiary/aromatic N) is 1. The van der Waals surface area contributed by atoms with Gasteiger partial charge in [0.15, 0.2) is 8.32 Å². The van der Waals surface area contributed by atoms with Crippen molar-refractivity contribution < 1.29 is 9.22 Å². The lowest BCUT2D eigenvalue weighted by molar-refractivity contribution is -0.130. The third-order valence-electron chi connectivity index (χ3n) is 6.52. The van der Waals surface area contributed by atoms with E-state index in [0.717, 1.165) is 13.0 Å². The average Bonchev–Trinajstić information content (AvgIpc) is 2.74. The van der Waals surface area contributed by atoms with E-state index in [0.29, 0.717) is 17.7 Å². The van der Waals surface area contributed by atoms with Crippen LogP contribution in [0.25, 0.3) is 0 Å². The van der Waals surface area contributed by atoms with Gasteiger partial charge >= 0.3 is 0 Å². The average molecular weight is 336 g/mol. The van der Waals surface area contributed by atoms with Gasteiger partial charge in [-0.25, -0.2) is 0 Å². The maximum atomic E-state index is 12.4. The minimum atomic E-state index is -1.82. The summed E-state index contributed by atoms with van der Waals surface area (Å²) in [7, 11) is -1.82. The standard InChI is InChI=1S/C19H33NO2Si/c1-18(2,3)23(6,7)22-19(4,5)12-14-13-8-10-20-11-9-15(21)16(14)17(13)20/h12-13,16-17H,8-11H2,1-7H3/b14-12-/t13-,16-,17-/m1/s1. The molecule has 0 amide bonds. The summed E-state index contributed by atoms with van der Waals surface area (Å²) >= 11 is 0. The molecule has 3 nitrogen and oxygen atoms in total. The fourth-order valence-electron chi connectivity index (χ4n) is 4.48. The van der Waals surface area contributed by atoms with Crippen molar-refractivity contribution in [1.82, 2.24) is 4.90 Å². The Kier molecular flexibility index (Phi) is 3.98. The van der Waals surface area contributed by atoms with Gasteiger partial charge in [-0.1, -0.05) is 32.4 Å². The number of hydrogen-bond acceptors (Lipinski definition) is 3. The third-order valence-corrected chi connectivity index (χ3v) is 11.2. The Morgan fingerprint density at radius 1 is 1.17 bits per heavy atom. The van der Waals surface area contributed by atoms with Crippen LogP contribution in [0.4, 0.5) is 0 Å². The van der Waals surface area contributed by atoms with Gasteiger partial charge in [-0.2, -0.15) is 0 Å². The van der Waals surface area contributed by atoms with Gasteiger partial charge in [-0.15, -0.1) is 0 Å². The number of piperidine rings is 1. The summed E-state index contributed by atoms with van der Waals surface area (Å²) in [6, 6.07) is 0.506. The predicted octanol–water partition coefficient (Wildman–Crippen LogP) is 4.01. The second-order valence-corrected chi connectivity index (χ2v) is 14.5. The van der Waals surface area contributed by atoms with Crippen LogP contribution < -0.4 is 0 Å². The monoisotopic (exact) mass is 335 g/mol. The smallest absolute Gasteiger partial charge is 0.193 e. The number of carbonyl (C=O) groups excluding carboxylic acids is 1. The zero-order valence-electron chi connectivity index (χ0n) is 15.9. The molecule has 0 bridgehead atoms. The molecule has 1 saturated carbocycles. The van der Waals surface area contributed by atoms with E-state index in [2.05, 4.69) is 58.7 Å². The fraction of sp³-hybridized carbons (Fsp3) is 0.842. The Morgan fingerprint density at radius 3 is 2.43 bits per heavy atom. The molecular formula is C19H33NO2Si. The van der Waals surface area contributed by atoms with Crippen molar-refractivity contribution in [3.05, 3.63) is 11.6 Å². The third kappa shape index (κ3) is 2.87. The van der Waals surface area contributed by atoms with E-state index in [1.807, 2.05) is 0 Å². The van der Waals surface area contributed by atoms with E-state index in [1.165, 1.54) is 18.5 Å². The van der Waals surface area contributed by atoms with Crippen molar-refractivity contribution in [1.29, 1.82) is 0 Å². The van der Waals surface area contributed by atoms with Crippen LogP contribution in [0.3, 0.4) is 0 Å². The second kappa shape index (κ2) is 5.27. The Hall–Kier alpha value is -0.453. The molecule has 3 atom stereocenters. The zero-order chi connectivity index (χ0) is 17.2. The molecule has 1 aliphatic carbocycles. The van der Waals surface area contributed by atoms with E-state index < -0.39 is 8.32 Å². The maximum absolute atomic E-state index is 12.4. The summed E-state index contributed by atoms with van der Waals surface area (Å²) in [5.74, 6) is 1.23. The molecule has 2 aliphatic heterocycles. The SMILES string of the molecule is CC(C)(/C=C1/[C@H]2CCN3CCC(=O)[C@@H]1[C@@H]23)O[Si](C)(C)C(C)(C)C. The lowest BCUT2D eigenvalue weighted by atomic mass is 9.61. The first-order valence-corrected chi connectivity index (χ1v) is 12.0. The molecule has 130 valence electrons. The Labute approximate surface area is 142 Å². The molecule has 0 N–H and O–H groups in total. The lowest BCUT2D eigenvalue weighted by Crippen LogP contribution is -2.57. The van der Waals surface area contributed by atoms with Crippen molar-refractivity contribution >= 4 is 14.1 Å². The van der Waals surface area contributed by atoms with Crippen LogP contribution in [0.1, 0.15) is 47.5 Å². The van der Waals surface area contributed by atoms with E-state index in [-0.39, 0.29) is 16.6 Å². The van der Waals surface area contributed by atoms with Gasteiger partial charge in [-0.3, -0.25) is 9.69 Å². The molecule has 0 aromatic carbocycles. The molecule has 0 spiro atoms. The van der Waals surface area contributed by atoms with Crippen LogP contribution in [0.2, 0.25) is 18.1 Å².